The third-order valence-corrected chi connectivity index (χ3v) is 7.82. The number of carboxylic acids is 1. The van der Waals surface area contributed by atoms with E-state index in [1.807, 2.05) is 0 Å². The van der Waals surface area contributed by atoms with E-state index in [1.54, 1.807) is 18.3 Å². The highest BCUT2D eigenvalue weighted by Gasteiger charge is 2.63. The van der Waals surface area contributed by atoms with Gasteiger partial charge in [-0.3, -0.25) is 4.79 Å². The molecule has 0 amide bonds. The third kappa shape index (κ3) is 4.93. The molecule has 2 heterocycles. The van der Waals surface area contributed by atoms with E-state index in [9.17, 15) is 19.4 Å². The van der Waals surface area contributed by atoms with E-state index >= 15 is 0 Å². The van der Waals surface area contributed by atoms with Crippen LogP contribution in [0.25, 0.3) is 10.1 Å². The summed E-state index contributed by atoms with van der Waals surface area (Å²) in [7, 11) is 0. The SMILES string of the molecule is CC(OCC(O)CNC(C)(C)Cc1ccc2sccc2c1)c1cc(F)cc2c1OC1C(C(=O)O)C21. The van der Waals surface area contributed by atoms with Gasteiger partial charge in [0.15, 0.2) is 0 Å². The summed E-state index contributed by atoms with van der Waals surface area (Å²) in [5.41, 5.74) is 2.14. The van der Waals surface area contributed by atoms with Crippen LogP contribution in [0.3, 0.4) is 0 Å². The number of ether oxygens (including phenoxy) is 2. The number of hydrogen-bond donors (Lipinski definition) is 3. The number of carbonyl (C=O) groups is 1. The molecule has 3 aromatic rings. The van der Waals surface area contributed by atoms with Crippen LogP contribution in [0.15, 0.2) is 41.8 Å². The molecule has 8 heteroatoms. The number of halogens is 1. The van der Waals surface area contributed by atoms with E-state index in [4.69, 9.17) is 9.47 Å². The van der Waals surface area contributed by atoms with E-state index in [1.165, 1.54) is 27.8 Å². The van der Waals surface area contributed by atoms with Crippen molar-refractivity contribution >= 4 is 27.4 Å². The van der Waals surface area contributed by atoms with Gasteiger partial charge >= 0.3 is 5.97 Å². The Hall–Kier alpha value is -2.52. The summed E-state index contributed by atoms with van der Waals surface area (Å²) in [6.45, 7) is 6.40. The smallest absolute Gasteiger partial charge is 0.311 e. The Morgan fingerprint density at radius 2 is 2.09 bits per heavy atom. The van der Waals surface area contributed by atoms with Gasteiger partial charge in [-0.15, -0.1) is 11.3 Å². The molecule has 2 aromatic carbocycles. The predicted molar refractivity (Wildman–Crippen MR) is 133 cm³/mol. The fraction of sp³-hybridized carbons (Fsp3) is 0.444. The number of thiophene rings is 1. The van der Waals surface area contributed by atoms with Gasteiger partial charge in [0, 0.05) is 33.8 Å². The number of carboxylic acid groups (broad SMARTS) is 1. The Balaban J connectivity index is 1.14. The van der Waals surface area contributed by atoms with Gasteiger partial charge in [0.1, 0.15) is 23.6 Å². The lowest BCUT2D eigenvalue weighted by Crippen LogP contribution is -2.46. The Kier molecular flexibility index (Phi) is 6.34. The van der Waals surface area contributed by atoms with Crippen LogP contribution in [-0.4, -0.2) is 47.1 Å². The lowest BCUT2D eigenvalue weighted by atomic mass is 9.94. The standard InChI is InChI=1S/C27H30FNO5S/c1-14(19-9-17(28)10-20-22-23(26(31)32)25(22)34-24(19)20)33-13-18(30)12-29-27(2,3)11-15-4-5-21-16(8-15)6-7-35-21/h4-10,14,18,22-23,25,29-30H,11-13H2,1-3H3,(H,31,32). The van der Waals surface area contributed by atoms with Crippen LogP contribution in [0.5, 0.6) is 5.75 Å². The van der Waals surface area contributed by atoms with Crippen molar-refractivity contribution in [1.82, 2.24) is 5.32 Å². The van der Waals surface area contributed by atoms with Gasteiger partial charge in [0.05, 0.1) is 18.8 Å². The molecule has 0 radical (unpaired) electrons. The first-order valence-electron chi connectivity index (χ1n) is 11.9. The molecule has 1 aliphatic carbocycles. The van der Waals surface area contributed by atoms with E-state index in [0.717, 1.165) is 6.42 Å². The van der Waals surface area contributed by atoms with Gasteiger partial charge in [-0.25, -0.2) is 4.39 Å². The molecule has 35 heavy (non-hydrogen) atoms. The second kappa shape index (κ2) is 9.17. The molecule has 1 fully saturated rings. The molecule has 3 N–H and O–H groups in total. The van der Waals surface area contributed by atoms with E-state index in [-0.39, 0.29) is 18.1 Å². The van der Waals surface area contributed by atoms with Crippen LogP contribution in [0.4, 0.5) is 4.39 Å². The molecule has 5 unspecified atom stereocenters. The maximum atomic E-state index is 14.3. The number of benzene rings is 2. The molecule has 0 spiro atoms. The van der Waals surface area contributed by atoms with Crippen molar-refractivity contribution in [2.24, 2.45) is 5.92 Å². The van der Waals surface area contributed by atoms with Crippen LogP contribution in [0.1, 0.15) is 49.5 Å². The predicted octanol–water partition coefficient (Wildman–Crippen LogP) is 4.65. The molecule has 6 nitrogen and oxygen atoms in total. The molecular formula is C27H30FNO5S. The molecule has 5 rings (SSSR count). The fourth-order valence-corrected chi connectivity index (χ4v) is 5.82. The molecule has 1 saturated carbocycles. The number of aliphatic hydroxyl groups excluding tert-OH is 1. The first-order chi connectivity index (χ1) is 16.6. The van der Waals surface area contributed by atoms with Crippen molar-refractivity contribution in [2.45, 2.75) is 57.0 Å². The van der Waals surface area contributed by atoms with Crippen LogP contribution in [-0.2, 0) is 16.0 Å². The molecule has 2 aliphatic rings. The monoisotopic (exact) mass is 499 g/mol. The zero-order valence-corrected chi connectivity index (χ0v) is 20.8. The van der Waals surface area contributed by atoms with Crippen molar-refractivity contribution in [3.63, 3.8) is 0 Å². The molecule has 186 valence electrons. The normalized spacial score (nSPS) is 22.4. The first-order valence-corrected chi connectivity index (χ1v) is 12.7. The number of aliphatic hydroxyl groups is 1. The number of hydrogen-bond acceptors (Lipinski definition) is 6. The van der Waals surface area contributed by atoms with Gasteiger partial charge in [-0.2, -0.15) is 0 Å². The quantitative estimate of drug-likeness (QED) is 0.376. The minimum atomic E-state index is -0.925. The summed E-state index contributed by atoms with van der Waals surface area (Å²) in [6, 6.07) is 11.3. The highest BCUT2D eigenvalue weighted by molar-refractivity contribution is 7.17. The molecule has 0 bridgehead atoms. The Labute approximate surface area is 207 Å². The minimum Gasteiger partial charge on any atom is -0.488 e. The number of rotatable bonds is 10. The van der Waals surface area contributed by atoms with Crippen LogP contribution >= 0.6 is 11.3 Å². The van der Waals surface area contributed by atoms with Crippen LogP contribution in [0, 0.1) is 11.7 Å². The van der Waals surface area contributed by atoms with Gasteiger partial charge in [0.25, 0.3) is 0 Å². The molecule has 5 atom stereocenters. The molecular weight excluding hydrogens is 469 g/mol. The largest absolute Gasteiger partial charge is 0.488 e. The van der Waals surface area contributed by atoms with Gasteiger partial charge in [0.2, 0.25) is 0 Å². The van der Waals surface area contributed by atoms with Crippen molar-refractivity contribution in [3.8, 4) is 5.75 Å². The Morgan fingerprint density at radius 1 is 1.29 bits per heavy atom. The summed E-state index contributed by atoms with van der Waals surface area (Å²) < 4.78 is 27.3. The summed E-state index contributed by atoms with van der Waals surface area (Å²) in [5.74, 6) is -1.77. The summed E-state index contributed by atoms with van der Waals surface area (Å²) in [5, 5.41) is 26.6. The van der Waals surface area contributed by atoms with E-state index in [0.29, 0.717) is 23.4 Å². The van der Waals surface area contributed by atoms with Crippen LogP contribution in [0.2, 0.25) is 0 Å². The number of fused-ring (bicyclic) bond motifs is 4. The zero-order chi connectivity index (χ0) is 24.9. The van der Waals surface area contributed by atoms with Crippen molar-refractivity contribution in [3.05, 3.63) is 64.3 Å². The van der Waals surface area contributed by atoms with Gasteiger partial charge in [-0.05, 0) is 67.8 Å². The zero-order valence-electron chi connectivity index (χ0n) is 20.0. The van der Waals surface area contributed by atoms with Crippen molar-refractivity contribution in [2.75, 3.05) is 13.2 Å². The highest BCUT2D eigenvalue weighted by Crippen LogP contribution is 2.60. The average Bonchev–Trinajstić information content (AvgIpc) is 3.12. The summed E-state index contributed by atoms with van der Waals surface area (Å²) in [4.78, 5) is 11.3. The summed E-state index contributed by atoms with van der Waals surface area (Å²) in [6.07, 6.45) is -0.883. The first kappa shape index (κ1) is 24.2. The average molecular weight is 500 g/mol. The number of β-amino-alcohol motifs (C(OH)–C–C–N with tert-alkyl or cyclic N) is 1. The number of nitrogens with one attached hydrogen (secondary N) is 1. The van der Waals surface area contributed by atoms with Crippen molar-refractivity contribution < 1.29 is 28.9 Å². The molecule has 1 aliphatic heterocycles. The second-order valence-electron chi connectivity index (χ2n) is 10.2. The summed E-state index contributed by atoms with van der Waals surface area (Å²) >= 11 is 1.73. The fourth-order valence-electron chi connectivity index (χ4n) is 5.05. The Morgan fingerprint density at radius 3 is 2.86 bits per heavy atom. The van der Waals surface area contributed by atoms with E-state index < -0.39 is 36.0 Å². The Bertz CT molecular complexity index is 1260. The molecule has 0 saturated heterocycles. The van der Waals surface area contributed by atoms with E-state index in [2.05, 4.69) is 48.8 Å². The van der Waals surface area contributed by atoms with Gasteiger partial charge in [-0.1, -0.05) is 12.1 Å². The highest BCUT2D eigenvalue weighted by atomic mass is 32.1. The maximum absolute atomic E-state index is 14.3. The lowest BCUT2D eigenvalue weighted by Gasteiger charge is -2.28. The maximum Gasteiger partial charge on any atom is 0.311 e. The number of aliphatic carboxylic acids is 1. The van der Waals surface area contributed by atoms with Gasteiger partial charge < -0.3 is 25.0 Å². The minimum absolute atomic E-state index is 0.0704. The van der Waals surface area contributed by atoms with Crippen LogP contribution < -0.4 is 10.1 Å². The second-order valence-corrected chi connectivity index (χ2v) is 11.2. The third-order valence-electron chi connectivity index (χ3n) is 6.92. The topological polar surface area (TPSA) is 88.0 Å². The van der Waals surface area contributed by atoms with Crippen molar-refractivity contribution in [1.29, 1.82) is 0 Å². The molecule has 1 aromatic heterocycles. The lowest BCUT2D eigenvalue weighted by molar-refractivity contribution is -0.139.